The molecule has 0 aromatic heterocycles. The summed E-state index contributed by atoms with van der Waals surface area (Å²) in [5.74, 6) is -0.453. The van der Waals surface area contributed by atoms with E-state index in [2.05, 4.69) is 5.32 Å². The SMILES string of the molecule is Cc1cc(F)c(NC(=O)N2CCCC2)cc1B1OC(C)(C)C(C)(C)O1. The molecule has 0 aliphatic carbocycles. The van der Waals surface area contributed by atoms with Crippen LogP contribution in [-0.4, -0.2) is 42.3 Å². The topological polar surface area (TPSA) is 50.8 Å². The second-order valence-corrected chi connectivity index (χ2v) is 7.90. The summed E-state index contributed by atoms with van der Waals surface area (Å²) in [7, 11) is -0.590. The number of nitrogens with one attached hydrogen (secondary N) is 1. The summed E-state index contributed by atoms with van der Waals surface area (Å²) >= 11 is 0. The van der Waals surface area contributed by atoms with Gasteiger partial charge in [-0.2, -0.15) is 0 Å². The molecule has 1 N–H and O–H groups in total. The number of hydrogen-bond acceptors (Lipinski definition) is 3. The first kappa shape index (κ1) is 18.2. The van der Waals surface area contributed by atoms with E-state index in [0.717, 1.165) is 23.9 Å². The zero-order chi connectivity index (χ0) is 18.4. The van der Waals surface area contributed by atoms with Crippen LogP contribution in [-0.2, 0) is 9.31 Å². The lowest BCUT2D eigenvalue weighted by atomic mass is 9.76. The number of anilines is 1. The molecule has 0 spiro atoms. The van der Waals surface area contributed by atoms with Crippen molar-refractivity contribution in [2.75, 3.05) is 18.4 Å². The lowest BCUT2D eigenvalue weighted by Crippen LogP contribution is -2.41. The van der Waals surface area contributed by atoms with Gasteiger partial charge in [-0.1, -0.05) is 0 Å². The maximum absolute atomic E-state index is 14.4. The molecule has 2 amide bonds. The van der Waals surface area contributed by atoms with Crippen LogP contribution in [0.2, 0.25) is 0 Å². The molecule has 2 heterocycles. The van der Waals surface area contributed by atoms with Crippen molar-refractivity contribution in [3.05, 3.63) is 23.5 Å². The molecule has 0 atom stereocenters. The van der Waals surface area contributed by atoms with Crippen molar-refractivity contribution >= 4 is 24.3 Å². The third-order valence-corrected chi connectivity index (χ3v) is 5.50. The molecule has 0 unspecified atom stereocenters. The van der Waals surface area contributed by atoms with Crippen molar-refractivity contribution in [2.45, 2.75) is 58.7 Å². The van der Waals surface area contributed by atoms with Crippen molar-refractivity contribution in [2.24, 2.45) is 0 Å². The van der Waals surface area contributed by atoms with Crippen LogP contribution in [0.1, 0.15) is 46.1 Å². The molecule has 2 fully saturated rings. The maximum atomic E-state index is 14.4. The molecule has 2 aliphatic heterocycles. The molecule has 25 heavy (non-hydrogen) atoms. The third kappa shape index (κ3) is 3.40. The van der Waals surface area contributed by atoms with E-state index in [0.29, 0.717) is 13.1 Å². The smallest absolute Gasteiger partial charge is 0.399 e. The molecule has 0 bridgehead atoms. The van der Waals surface area contributed by atoms with Gasteiger partial charge in [0.15, 0.2) is 0 Å². The number of rotatable bonds is 2. The molecular formula is C18H26BFN2O3. The number of hydrogen-bond donors (Lipinski definition) is 1. The highest BCUT2D eigenvalue weighted by Gasteiger charge is 2.52. The highest BCUT2D eigenvalue weighted by Crippen LogP contribution is 2.37. The summed E-state index contributed by atoms with van der Waals surface area (Å²) < 4.78 is 26.5. The Bertz CT molecular complexity index is 671. The van der Waals surface area contributed by atoms with Crippen molar-refractivity contribution in [1.82, 2.24) is 4.90 Å². The first-order chi connectivity index (χ1) is 11.6. The average Bonchev–Trinajstić information content (AvgIpc) is 3.09. The fraction of sp³-hybridized carbons (Fsp3) is 0.611. The molecule has 136 valence electrons. The van der Waals surface area contributed by atoms with E-state index in [9.17, 15) is 9.18 Å². The molecule has 5 nitrogen and oxygen atoms in total. The Morgan fingerprint density at radius 2 is 1.72 bits per heavy atom. The van der Waals surface area contributed by atoms with E-state index in [4.69, 9.17) is 9.31 Å². The van der Waals surface area contributed by atoms with Gasteiger partial charge in [-0.3, -0.25) is 0 Å². The van der Waals surface area contributed by atoms with Crippen molar-refractivity contribution < 1.29 is 18.5 Å². The summed E-state index contributed by atoms with van der Waals surface area (Å²) in [6.07, 6.45) is 1.98. The zero-order valence-corrected chi connectivity index (χ0v) is 15.6. The number of benzene rings is 1. The Hall–Kier alpha value is -1.60. The van der Waals surface area contributed by atoms with Crippen LogP contribution in [0.15, 0.2) is 12.1 Å². The summed E-state index contributed by atoms with van der Waals surface area (Å²) in [6.45, 7) is 11.1. The van der Waals surface area contributed by atoms with Gasteiger partial charge >= 0.3 is 13.1 Å². The molecule has 2 saturated heterocycles. The van der Waals surface area contributed by atoms with Crippen LogP contribution in [0, 0.1) is 12.7 Å². The Labute approximate surface area is 149 Å². The van der Waals surface area contributed by atoms with Gasteiger partial charge in [0.05, 0.1) is 16.9 Å². The Balaban J connectivity index is 1.85. The number of halogens is 1. The number of carbonyl (C=O) groups is 1. The average molecular weight is 348 g/mol. The fourth-order valence-corrected chi connectivity index (χ4v) is 3.12. The van der Waals surface area contributed by atoms with Gasteiger partial charge < -0.3 is 19.5 Å². The lowest BCUT2D eigenvalue weighted by Gasteiger charge is -2.32. The Kier molecular flexibility index (Phi) is 4.58. The highest BCUT2D eigenvalue weighted by molar-refractivity contribution is 6.62. The molecule has 7 heteroatoms. The number of amides is 2. The first-order valence-electron chi connectivity index (χ1n) is 8.82. The Morgan fingerprint density at radius 3 is 2.28 bits per heavy atom. The zero-order valence-electron chi connectivity index (χ0n) is 15.6. The second-order valence-electron chi connectivity index (χ2n) is 7.90. The minimum atomic E-state index is -0.590. The van der Waals surface area contributed by atoms with E-state index in [1.54, 1.807) is 11.0 Å². The minimum absolute atomic E-state index is 0.159. The molecular weight excluding hydrogens is 322 g/mol. The van der Waals surface area contributed by atoms with Crippen molar-refractivity contribution in [3.63, 3.8) is 0 Å². The van der Waals surface area contributed by atoms with Gasteiger partial charge in [0.1, 0.15) is 5.82 Å². The fourth-order valence-electron chi connectivity index (χ4n) is 3.12. The van der Waals surface area contributed by atoms with Crippen molar-refractivity contribution in [1.29, 1.82) is 0 Å². The van der Waals surface area contributed by atoms with Gasteiger partial charge in [0, 0.05) is 13.1 Å². The van der Waals surface area contributed by atoms with Crippen LogP contribution >= 0.6 is 0 Å². The highest BCUT2D eigenvalue weighted by atomic mass is 19.1. The molecule has 0 radical (unpaired) electrons. The van der Waals surface area contributed by atoms with E-state index in [-0.39, 0.29) is 11.7 Å². The predicted molar refractivity (Wildman–Crippen MR) is 96.7 cm³/mol. The summed E-state index contributed by atoms with van der Waals surface area (Å²) in [6, 6.07) is 2.78. The Morgan fingerprint density at radius 1 is 1.16 bits per heavy atom. The number of carbonyl (C=O) groups excluding carboxylic acids is 1. The summed E-state index contributed by atoms with van der Waals surface area (Å²) in [4.78, 5) is 14.0. The molecule has 2 aliphatic rings. The van der Waals surface area contributed by atoms with Crippen LogP contribution in [0.3, 0.4) is 0 Å². The van der Waals surface area contributed by atoms with Gasteiger partial charge in [-0.25, -0.2) is 9.18 Å². The third-order valence-electron chi connectivity index (χ3n) is 5.50. The first-order valence-corrected chi connectivity index (χ1v) is 8.82. The van der Waals surface area contributed by atoms with E-state index in [1.807, 2.05) is 34.6 Å². The second kappa shape index (κ2) is 6.29. The lowest BCUT2D eigenvalue weighted by molar-refractivity contribution is 0.00578. The number of urea groups is 1. The van der Waals surface area contributed by atoms with Crippen LogP contribution in [0.5, 0.6) is 0 Å². The largest absolute Gasteiger partial charge is 0.495 e. The molecule has 1 aromatic carbocycles. The van der Waals surface area contributed by atoms with Crippen LogP contribution in [0.25, 0.3) is 0 Å². The quantitative estimate of drug-likeness (QED) is 0.836. The number of nitrogens with zero attached hydrogens (tertiary/aromatic N) is 1. The van der Waals surface area contributed by atoms with E-state index >= 15 is 0 Å². The number of aryl methyl sites for hydroxylation is 1. The van der Waals surface area contributed by atoms with E-state index < -0.39 is 24.1 Å². The van der Waals surface area contributed by atoms with Crippen molar-refractivity contribution in [3.8, 4) is 0 Å². The van der Waals surface area contributed by atoms with Gasteiger partial charge in [-0.15, -0.1) is 0 Å². The predicted octanol–water partition coefficient (Wildman–Crippen LogP) is 3.06. The summed E-state index contributed by atoms with van der Waals surface area (Å²) in [5.41, 5.74) is 0.675. The molecule has 1 aromatic rings. The number of likely N-dealkylation sites (tertiary alicyclic amines) is 1. The van der Waals surface area contributed by atoms with Gasteiger partial charge in [0.25, 0.3) is 0 Å². The van der Waals surface area contributed by atoms with Crippen LogP contribution in [0.4, 0.5) is 14.9 Å². The maximum Gasteiger partial charge on any atom is 0.495 e. The van der Waals surface area contributed by atoms with E-state index in [1.165, 1.54) is 6.07 Å². The van der Waals surface area contributed by atoms with Crippen LogP contribution < -0.4 is 10.8 Å². The monoisotopic (exact) mass is 348 g/mol. The van der Waals surface area contributed by atoms with Gasteiger partial charge in [0.2, 0.25) is 0 Å². The van der Waals surface area contributed by atoms with Gasteiger partial charge in [-0.05, 0) is 70.6 Å². The normalized spacial score (nSPS) is 21.7. The molecule has 0 saturated carbocycles. The summed E-state index contributed by atoms with van der Waals surface area (Å²) in [5, 5.41) is 2.69. The molecule has 3 rings (SSSR count). The standard InChI is InChI=1S/C18H26BFN2O3/c1-12-10-14(20)15(21-16(23)22-8-6-7-9-22)11-13(12)19-24-17(2,3)18(4,5)25-19/h10-11H,6-9H2,1-5H3,(H,21,23). The minimum Gasteiger partial charge on any atom is -0.399 e.